The van der Waals surface area contributed by atoms with E-state index in [-0.39, 0.29) is 0 Å². The summed E-state index contributed by atoms with van der Waals surface area (Å²) >= 11 is 0. The Labute approximate surface area is 164 Å². The van der Waals surface area contributed by atoms with Crippen LogP contribution in [0.15, 0.2) is 0 Å². The van der Waals surface area contributed by atoms with Crippen LogP contribution in [-0.2, 0) is 0 Å². The van der Waals surface area contributed by atoms with Gasteiger partial charge in [-0.25, -0.2) is 0 Å². The fourth-order valence-electron chi connectivity index (χ4n) is 4.10. The maximum atomic E-state index is 5.52. The Morgan fingerprint density at radius 3 is 1.46 bits per heavy atom. The van der Waals surface area contributed by atoms with Crippen molar-refractivity contribution < 1.29 is 0 Å². The van der Waals surface area contributed by atoms with Gasteiger partial charge < -0.3 is 16.4 Å². The summed E-state index contributed by atoms with van der Waals surface area (Å²) in [5, 5.41) is 7.42. The van der Waals surface area contributed by atoms with Crippen molar-refractivity contribution in [2.24, 2.45) is 5.73 Å². The second-order valence-electron chi connectivity index (χ2n) is 8.42. The molecular weight excluding hydrogens is 318 g/mol. The van der Waals surface area contributed by atoms with Gasteiger partial charge in [-0.1, -0.05) is 77.0 Å². The van der Waals surface area contributed by atoms with Crippen molar-refractivity contribution in [3.63, 3.8) is 0 Å². The molecule has 0 aliphatic heterocycles. The molecule has 0 aromatic heterocycles. The van der Waals surface area contributed by atoms with Crippen molar-refractivity contribution in [2.45, 2.75) is 122 Å². The van der Waals surface area contributed by atoms with Crippen LogP contribution >= 0.6 is 0 Å². The molecule has 1 rings (SSSR count). The van der Waals surface area contributed by atoms with Crippen molar-refractivity contribution >= 4 is 0 Å². The van der Waals surface area contributed by atoms with Gasteiger partial charge in [0, 0.05) is 6.04 Å². The molecule has 1 aliphatic carbocycles. The molecule has 26 heavy (non-hydrogen) atoms. The first kappa shape index (κ1) is 23.9. The van der Waals surface area contributed by atoms with Gasteiger partial charge in [0.2, 0.25) is 0 Å². The SMILES string of the molecule is NCCCCNCCCCNC1CCCCCCCCCCCCCC1. The van der Waals surface area contributed by atoms with Crippen molar-refractivity contribution in [1.82, 2.24) is 10.6 Å². The molecule has 0 saturated heterocycles. The van der Waals surface area contributed by atoms with Gasteiger partial charge in [-0.15, -0.1) is 0 Å². The molecule has 0 radical (unpaired) electrons. The predicted octanol–water partition coefficient (Wildman–Crippen LogP) is 5.53. The minimum Gasteiger partial charge on any atom is -0.330 e. The van der Waals surface area contributed by atoms with Crippen molar-refractivity contribution in [3.05, 3.63) is 0 Å². The molecule has 4 N–H and O–H groups in total. The molecule has 156 valence electrons. The Morgan fingerprint density at radius 2 is 0.962 bits per heavy atom. The van der Waals surface area contributed by atoms with Crippen LogP contribution in [0, 0.1) is 0 Å². The first-order valence-electron chi connectivity index (χ1n) is 12.1. The van der Waals surface area contributed by atoms with Crippen molar-refractivity contribution in [3.8, 4) is 0 Å². The molecule has 0 amide bonds. The normalized spacial score (nSPS) is 19.7. The number of unbranched alkanes of at least 4 members (excludes halogenated alkanes) is 2. The molecule has 0 aromatic rings. The monoisotopic (exact) mass is 367 g/mol. The predicted molar refractivity (Wildman–Crippen MR) is 117 cm³/mol. The molecule has 0 aromatic carbocycles. The maximum absolute atomic E-state index is 5.52. The van der Waals surface area contributed by atoms with E-state index in [0.717, 1.165) is 32.1 Å². The summed E-state index contributed by atoms with van der Waals surface area (Å²) in [4.78, 5) is 0. The molecule has 1 fully saturated rings. The van der Waals surface area contributed by atoms with Gasteiger partial charge in [-0.2, -0.15) is 0 Å². The van der Waals surface area contributed by atoms with Crippen LogP contribution < -0.4 is 16.4 Å². The molecular formula is C23H49N3. The van der Waals surface area contributed by atoms with Crippen LogP contribution in [0.3, 0.4) is 0 Å². The van der Waals surface area contributed by atoms with Crippen molar-refractivity contribution in [1.29, 1.82) is 0 Å². The van der Waals surface area contributed by atoms with Gasteiger partial charge in [-0.05, 0) is 64.7 Å². The largest absolute Gasteiger partial charge is 0.330 e. The first-order valence-corrected chi connectivity index (χ1v) is 12.1. The van der Waals surface area contributed by atoms with E-state index in [1.807, 2.05) is 0 Å². The van der Waals surface area contributed by atoms with E-state index in [1.165, 1.54) is 116 Å². The standard InChI is InChI=1S/C23H49N3/c24-19-13-14-20-25-21-15-16-22-26-23-17-11-9-7-5-3-1-2-4-6-8-10-12-18-23/h23,25-26H,1-22,24H2. The Kier molecular flexibility index (Phi) is 18.1. The van der Waals surface area contributed by atoms with Gasteiger partial charge >= 0.3 is 0 Å². The molecule has 0 spiro atoms. The molecule has 0 unspecified atom stereocenters. The highest BCUT2D eigenvalue weighted by molar-refractivity contribution is 4.68. The fraction of sp³-hybridized carbons (Fsp3) is 1.00. The molecule has 3 nitrogen and oxygen atoms in total. The minimum absolute atomic E-state index is 0.776. The highest BCUT2D eigenvalue weighted by Gasteiger charge is 2.08. The summed E-state index contributed by atoms with van der Waals surface area (Å²) in [6.07, 6.45) is 25.3. The summed E-state index contributed by atoms with van der Waals surface area (Å²) in [7, 11) is 0. The lowest BCUT2D eigenvalue weighted by Crippen LogP contribution is -2.30. The smallest absolute Gasteiger partial charge is 0.00670 e. The van der Waals surface area contributed by atoms with Gasteiger partial charge in [0.05, 0.1) is 0 Å². The Bertz CT molecular complexity index is 254. The molecule has 1 aliphatic rings. The Morgan fingerprint density at radius 1 is 0.538 bits per heavy atom. The number of nitrogens with one attached hydrogen (secondary N) is 2. The lowest BCUT2D eigenvalue weighted by atomic mass is 10.0. The van der Waals surface area contributed by atoms with Gasteiger partial charge in [0.1, 0.15) is 0 Å². The Hall–Kier alpha value is -0.120. The van der Waals surface area contributed by atoms with E-state index in [0.29, 0.717) is 0 Å². The van der Waals surface area contributed by atoms with Crippen LogP contribution in [0.4, 0.5) is 0 Å². The highest BCUT2D eigenvalue weighted by Crippen LogP contribution is 2.17. The van der Waals surface area contributed by atoms with Crippen LogP contribution in [0.1, 0.15) is 116 Å². The zero-order chi connectivity index (χ0) is 18.5. The van der Waals surface area contributed by atoms with Crippen molar-refractivity contribution in [2.75, 3.05) is 26.2 Å². The third-order valence-corrected chi connectivity index (χ3v) is 5.88. The second-order valence-corrected chi connectivity index (χ2v) is 8.42. The number of rotatable bonds is 10. The first-order chi connectivity index (χ1) is 12.9. The highest BCUT2D eigenvalue weighted by atomic mass is 14.9. The molecule has 1 saturated carbocycles. The average molecular weight is 368 g/mol. The van der Waals surface area contributed by atoms with Gasteiger partial charge in [0.25, 0.3) is 0 Å². The van der Waals surface area contributed by atoms with Gasteiger partial charge in [0.15, 0.2) is 0 Å². The number of hydrogen-bond donors (Lipinski definition) is 3. The van der Waals surface area contributed by atoms with E-state index < -0.39 is 0 Å². The van der Waals surface area contributed by atoms with Gasteiger partial charge in [-0.3, -0.25) is 0 Å². The summed E-state index contributed by atoms with van der Waals surface area (Å²) in [6.45, 7) is 4.33. The van der Waals surface area contributed by atoms with Crippen LogP contribution in [0.25, 0.3) is 0 Å². The maximum Gasteiger partial charge on any atom is 0.00670 e. The summed E-state index contributed by atoms with van der Waals surface area (Å²) in [5.41, 5.74) is 5.52. The summed E-state index contributed by atoms with van der Waals surface area (Å²) in [5.74, 6) is 0. The average Bonchev–Trinajstić information content (AvgIpc) is 2.66. The van der Waals surface area contributed by atoms with Crippen LogP contribution in [-0.4, -0.2) is 32.2 Å². The molecule has 3 heteroatoms. The van der Waals surface area contributed by atoms with E-state index in [1.54, 1.807) is 0 Å². The Balaban J connectivity index is 2.07. The van der Waals surface area contributed by atoms with Crippen LogP contribution in [0.5, 0.6) is 0 Å². The fourth-order valence-corrected chi connectivity index (χ4v) is 4.10. The zero-order valence-corrected chi connectivity index (χ0v) is 17.7. The lowest BCUT2D eigenvalue weighted by Gasteiger charge is -2.19. The number of nitrogens with two attached hydrogens (primary N) is 1. The molecule has 0 atom stereocenters. The van der Waals surface area contributed by atoms with E-state index in [4.69, 9.17) is 5.73 Å². The second kappa shape index (κ2) is 19.6. The van der Waals surface area contributed by atoms with E-state index in [9.17, 15) is 0 Å². The third-order valence-electron chi connectivity index (χ3n) is 5.88. The molecule has 0 heterocycles. The number of hydrogen-bond acceptors (Lipinski definition) is 3. The van der Waals surface area contributed by atoms with Crippen LogP contribution in [0.2, 0.25) is 0 Å². The van der Waals surface area contributed by atoms with E-state index >= 15 is 0 Å². The summed E-state index contributed by atoms with van der Waals surface area (Å²) < 4.78 is 0. The zero-order valence-electron chi connectivity index (χ0n) is 17.7. The minimum atomic E-state index is 0.776. The topological polar surface area (TPSA) is 50.1 Å². The van der Waals surface area contributed by atoms with E-state index in [2.05, 4.69) is 10.6 Å². The lowest BCUT2D eigenvalue weighted by molar-refractivity contribution is 0.408. The third kappa shape index (κ3) is 16.1. The molecule has 0 bridgehead atoms. The summed E-state index contributed by atoms with van der Waals surface area (Å²) in [6, 6.07) is 0.776. The quantitative estimate of drug-likeness (QED) is 0.445.